The molecule has 0 amide bonds. The van der Waals surface area contributed by atoms with Gasteiger partial charge in [0, 0.05) is 18.4 Å². The summed E-state index contributed by atoms with van der Waals surface area (Å²) in [4.78, 5) is 23.8. The van der Waals surface area contributed by atoms with Crippen LogP contribution in [0.1, 0.15) is 35.7 Å². The van der Waals surface area contributed by atoms with Crippen LogP contribution in [0.15, 0.2) is 42.5 Å². The van der Waals surface area contributed by atoms with Crippen molar-refractivity contribution in [1.29, 1.82) is 0 Å². The van der Waals surface area contributed by atoms with Crippen LogP contribution in [-0.2, 0) is 11.2 Å². The lowest BCUT2D eigenvalue weighted by atomic mass is 10.0. The molecule has 0 aliphatic rings. The second-order valence-electron chi connectivity index (χ2n) is 5.82. The Kier molecular flexibility index (Phi) is 7.21. The first-order valence-electron chi connectivity index (χ1n) is 8.56. The lowest BCUT2D eigenvalue weighted by Crippen LogP contribution is -2.10. The van der Waals surface area contributed by atoms with Gasteiger partial charge < -0.3 is 14.2 Å². The number of Topliss-reactive ketones (excluding diaryl/α,β-unsaturated/α-hetero) is 2. The third-order valence-corrected chi connectivity index (χ3v) is 4.04. The minimum atomic E-state index is 0.0204. The number of rotatable bonds is 10. The lowest BCUT2D eigenvalue weighted by Gasteiger charge is -2.10. The molecule has 0 aliphatic heterocycles. The molecule has 0 radical (unpaired) electrons. The van der Waals surface area contributed by atoms with Gasteiger partial charge in [0.25, 0.3) is 0 Å². The van der Waals surface area contributed by atoms with Crippen molar-refractivity contribution in [2.24, 2.45) is 0 Å². The fraction of sp³-hybridized carbons (Fsp3) is 0.333. The summed E-state index contributed by atoms with van der Waals surface area (Å²) in [6, 6.07) is 12.6. The molecule has 0 aliphatic carbocycles. The Hall–Kier alpha value is -2.82. The van der Waals surface area contributed by atoms with Crippen LogP contribution < -0.4 is 14.2 Å². The lowest BCUT2D eigenvalue weighted by molar-refractivity contribution is -0.120. The number of ketones is 2. The average Bonchev–Trinajstić information content (AvgIpc) is 2.69. The number of benzene rings is 2. The quantitative estimate of drug-likeness (QED) is 0.605. The van der Waals surface area contributed by atoms with Gasteiger partial charge in [-0.1, -0.05) is 25.1 Å². The molecule has 0 saturated carbocycles. The first-order valence-corrected chi connectivity index (χ1v) is 8.56. The van der Waals surface area contributed by atoms with Crippen molar-refractivity contribution >= 4 is 11.6 Å². The van der Waals surface area contributed by atoms with E-state index >= 15 is 0 Å². The van der Waals surface area contributed by atoms with E-state index in [1.54, 1.807) is 45.4 Å². The Balaban J connectivity index is 1.98. The highest BCUT2D eigenvalue weighted by Crippen LogP contribution is 2.28. The maximum Gasteiger partial charge on any atom is 0.169 e. The van der Waals surface area contributed by atoms with Crippen molar-refractivity contribution in [3.05, 3.63) is 53.6 Å². The van der Waals surface area contributed by atoms with Gasteiger partial charge in [-0.25, -0.2) is 0 Å². The minimum absolute atomic E-state index is 0.0204. The molecule has 138 valence electrons. The molecule has 2 rings (SSSR count). The third-order valence-electron chi connectivity index (χ3n) is 4.04. The van der Waals surface area contributed by atoms with Crippen molar-refractivity contribution < 1.29 is 23.8 Å². The Bertz CT molecular complexity index is 767. The van der Waals surface area contributed by atoms with Gasteiger partial charge in [0.15, 0.2) is 23.1 Å². The zero-order valence-electron chi connectivity index (χ0n) is 15.4. The summed E-state index contributed by atoms with van der Waals surface area (Å²) in [5.74, 6) is 1.88. The zero-order valence-corrected chi connectivity index (χ0v) is 15.4. The summed E-state index contributed by atoms with van der Waals surface area (Å²) in [6.07, 6.45) is 1.40. The molecule has 5 nitrogen and oxygen atoms in total. The van der Waals surface area contributed by atoms with Crippen molar-refractivity contribution in [3.63, 3.8) is 0 Å². The molecular formula is C21H24O5. The van der Waals surface area contributed by atoms with Crippen LogP contribution >= 0.6 is 0 Å². The molecule has 2 aromatic carbocycles. The van der Waals surface area contributed by atoms with E-state index in [-0.39, 0.29) is 18.2 Å². The van der Waals surface area contributed by atoms with Gasteiger partial charge in [-0.05, 0) is 36.2 Å². The van der Waals surface area contributed by atoms with Gasteiger partial charge in [0.05, 0.1) is 14.2 Å². The van der Waals surface area contributed by atoms with Crippen molar-refractivity contribution in [3.8, 4) is 17.2 Å². The molecule has 0 bridgehead atoms. The van der Waals surface area contributed by atoms with Gasteiger partial charge in [-0.3, -0.25) is 9.59 Å². The number of hydrogen-bond acceptors (Lipinski definition) is 5. The maximum atomic E-state index is 12.5. The van der Waals surface area contributed by atoms with Gasteiger partial charge in [-0.2, -0.15) is 0 Å². The van der Waals surface area contributed by atoms with E-state index in [1.807, 2.05) is 18.2 Å². The second kappa shape index (κ2) is 9.61. The molecule has 0 aromatic heterocycles. The van der Waals surface area contributed by atoms with Crippen molar-refractivity contribution in [1.82, 2.24) is 0 Å². The highest BCUT2D eigenvalue weighted by molar-refractivity contribution is 5.96. The summed E-state index contributed by atoms with van der Waals surface area (Å²) in [5.41, 5.74) is 1.57. The van der Waals surface area contributed by atoms with Gasteiger partial charge in [0.1, 0.15) is 12.4 Å². The Morgan fingerprint density at radius 3 is 2.42 bits per heavy atom. The smallest absolute Gasteiger partial charge is 0.169 e. The number of ether oxygens (including phenoxy) is 3. The van der Waals surface area contributed by atoms with Crippen LogP contribution in [0.4, 0.5) is 0 Å². The highest BCUT2D eigenvalue weighted by atomic mass is 16.5. The SMILES string of the molecule is CCC(=O)COc1cccc(C(=O)CCc2ccc(OC)c(OC)c2)c1. The van der Waals surface area contributed by atoms with Crippen LogP contribution in [0.3, 0.4) is 0 Å². The van der Waals surface area contributed by atoms with E-state index in [0.717, 1.165) is 5.56 Å². The molecule has 0 spiro atoms. The molecule has 26 heavy (non-hydrogen) atoms. The maximum absolute atomic E-state index is 12.5. The predicted octanol–water partition coefficient (Wildman–Crippen LogP) is 3.88. The molecule has 0 fully saturated rings. The molecule has 0 unspecified atom stereocenters. The molecule has 5 heteroatoms. The number of carbonyl (C=O) groups is 2. The number of methoxy groups -OCH3 is 2. The summed E-state index contributed by atoms with van der Waals surface area (Å²) in [5, 5.41) is 0. The first kappa shape index (κ1) is 19.5. The summed E-state index contributed by atoms with van der Waals surface area (Å²) in [6.45, 7) is 1.82. The fourth-order valence-corrected chi connectivity index (χ4v) is 2.46. The van der Waals surface area contributed by atoms with Gasteiger partial charge in [0.2, 0.25) is 0 Å². The summed E-state index contributed by atoms with van der Waals surface area (Å²) < 4.78 is 15.9. The molecule has 0 heterocycles. The Morgan fingerprint density at radius 1 is 0.962 bits per heavy atom. The molecular weight excluding hydrogens is 332 g/mol. The number of carbonyl (C=O) groups excluding carboxylic acids is 2. The van der Waals surface area contributed by atoms with Crippen LogP contribution in [0.5, 0.6) is 17.2 Å². The van der Waals surface area contributed by atoms with E-state index in [0.29, 0.717) is 42.1 Å². The van der Waals surface area contributed by atoms with Crippen molar-refractivity contribution in [2.75, 3.05) is 20.8 Å². The van der Waals surface area contributed by atoms with E-state index in [1.165, 1.54) is 0 Å². The van der Waals surface area contributed by atoms with Crippen LogP contribution in [0.25, 0.3) is 0 Å². The number of hydrogen-bond donors (Lipinski definition) is 0. The third kappa shape index (κ3) is 5.34. The number of aryl methyl sites for hydroxylation is 1. The standard InChI is InChI=1S/C21H24O5/c1-4-17(22)14-26-18-7-5-6-16(13-18)19(23)10-8-15-9-11-20(24-2)21(12-15)25-3/h5-7,9,11-13H,4,8,10,14H2,1-3H3. The van der Waals surface area contributed by atoms with E-state index in [2.05, 4.69) is 0 Å². The van der Waals surface area contributed by atoms with E-state index < -0.39 is 0 Å². The van der Waals surface area contributed by atoms with E-state index in [4.69, 9.17) is 14.2 Å². The largest absolute Gasteiger partial charge is 0.493 e. The molecule has 0 N–H and O–H groups in total. The summed E-state index contributed by atoms with van der Waals surface area (Å²) >= 11 is 0. The Morgan fingerprint density at radius 2 is 1.73 bits per heavy atom. The Labute approximate surface area is 153 Å². The van der Waals surface area contributed by atoms with E-state index in [9.17, 15) is 9.59 Å². The average molecular weight is 356 g/mol. The van der Waals surface area contributed by atoms with Crippen LogP contribution in [-0.4, -0.2) is 32.4 Å². The summed E-state index contributed by atoms with van der Waals surface area (Å²) in [7, 11) is 3.17. The molecule has 0 saturated heterocycles. The minimum Gasteiger partial charge on any atom is -0.493 e. The second-order valence-corrected chi connectivity index (χ2v) is 5.82. The monoisotopic (exact) mass is 356 g/mol. The van der Waals surface area contributed by atoms with Gasteiger partial charge in [-0.15, -0.1) is 0 Å². The van der Waals surface area contributed by atoms with Gasteiger partial charge >= 0.3 is 0 Å². The zero-order chi connectivity index (χ0) is 18.9. The normalized spacial score (nSPS) is 10.3. The van der Waals surface area contributed by atoms with Crippen LogP contribution in [0.2, 0.25) is 0 Å². The molecule has 0 atom stereocenters. The fourth-order valence-electron chi connectivity index (χ4n) is 2.46. The van der Waals surface area contributed by atoms with Crippen molar-refractivity contribution in [2.45, 2.75) is 26.2 Å². The van der Waals surface area contributed by atoms with Crippen LogP contribution in [0, 0.1) is 0 Å². The highest BCUT2D eigenvalue weighted by Gasteiger charge is 2.10. The topological polar surface area (TPSA) is 61.8 Å². The predicted molar refractivity (Wildman–Crippen MR) is 99.4 cm³/mol. The molecule has 2 aromatic rings. The first-order chi connectivity index (χ1) is 12.6.